The Kier molecular flexibility index (Phi) is 4.80. The van der Waals surface area contributed by atoms with Gasteiger partial charge in [0, 0.05) is 4.88 Å². The second-order valence-electron chi connectivity index (χ2n) is 5.53. The lowest BCUT2D eigenvalue weighted by molar-refractivity contribution is 0.0949. The summed E-state index contributed by atoms with van der Waals surface area (Å²) in [5.41, 5.74) is 3.47. The van der Waals surface area contributed by atoms with E-state index in [2.05, 4.69) is 17.2 Å². The lowest BCUT2D eigenvalue weighted by Crippen LogP contribution is -2.40. The summed E-state index contributed by atoms with van der Waals surface area (Å²) in [5.74, 6) is 0.179. The van der Waals surface area contributed by atoms with Crippen LogP contribution in [0.2, 0.25) is 4.34 Å². The van der Waals surface area contributed by atoms with Crippen LogP contribution < -0.4 is 10.3 Å². The van der Waals surface area contributed by atoms with Crippen LogP contribution in [0.3, 0.4) is 0 Å². The number of carbonyl (C=O) groups is 1. The quantitative estimate of drug-likeness (QED) is 0.787. The molecule has 3 rings (SSSR count). The predicted molar refractivity (Wildman–Crippen MR) is 92.6 cm³/mol. The largest absolute Gasteiger partial charge is 0.276 e. The molecule has 1 aliphatic carbocycles. The summed E-state index contributed by atoms with van der Waals surface area (Å²) in [5, 5.41) is 0. The zero-order valence-electron chi connectivity index (χ0n) is 12.3. The van der Waals surface area contributed by atoms with Crippen LogP contribution in [0.4, 0.5) is 0 Å². The maximum absolute atomic E-state index is 12.2. The fraction of sp³-hybridized carbons (Fsp3) is 0.357. The van der Waals surface area contributed by atoms with Crippen LogP contribution in [-0.2, 0) is 22.9 Å². The zero-order valence-corrected chi connectivity index (χ0v) is 15.5. The lowest BCUT2D eigenvalue weighted by Gasteiger charge is -2.16. The van der Waals surface area contributed by atoms with Gasteiger partial charge in [0.1, 0.15) is 4.21 Å². The first-order chi connectivity index (χ1) is 10.8. The summed E-state index contributed by atoms with van der Waals surface area (Å²) >= 11 is 8.10. The van der Waals surface area contributed by atoms with Gasteiger partial charge in [0.15, 0.2) is 0 Å². The standard InChI is InChI=1S/C14H15ClN2O3S3/c1-8-2-3-10-9(6-8)7-11(21-10)14(18)16-17-23(19,20)13-5-4-12(15)22-13/h4-5,7-8,17H,2-3,6H2,1H3,(H,16,18)/t8-/m1/s1. The fourth-order valence-electron chi connectivity index (χ4n) is 2.49. The molecule has 124 valence electrons. The van der Waals surface area contributed by atoms with Crippen LogP contribution in [0.25, 0.3) is 0 Å². The third kappa shape index (κ3) is 3.77. The Labute approximate surface area is 147 Å². The van der Waals surface area contributed by atoms with Gasteiger partial charge in [-0.15, -0.1) is 27.5 Å². The highest BCUT2D eigenvalue weighted by Gasteiger charge is 2.22. The SMILES string of the molecule is C[C@@H]1CCc2sc(C(=O)NNS(=O)(=O)c3ccc(Cl)s3)cc2C1. The molecule has 0 aliphatic heterocycles. The highest BCUT2D eigenvalue weighted by Crippen LogP contribution is 2.32. The first-order valence-corrected chi connectivity index (χ1v) is 10.5. The minimum Gasteiger partial charge on any atom is -0.273 e. The van der Waals surface area contributed by atoms with Crippen molar-refractivity contribution < 1.29 is 13.2 Å². The Morgan fingerprint density at radius 3 is 2.83 bits per heavy atom. The van der Waals surface area contributed by atoms with Crippen LogP contribution in [0.5, 0.6) is 0 Å². The Bertz CT molecular complexity index is 841. The van der Waals surface area contributed by atoms with Crippen LogP contribution in [0.15, 0.2) is 22.4 Å². The summed E-state index contributed by atoms with van der Waals surface area (Å²) in [6.07, 6.45) is 3.08. The van der Waals surface area contributed by atoms with E-state index in [1.54, 1.807) is 0 Å². The van der Waals surface area contributed by atoms with Gasteiger partial charge in [-0.05, 0) is 48.9 Å². The van der Waals surface area contributed by atoms with E-state index in [0.717, 1.165) is 30.6 Å². The number of fused-ring (bicyclic) bond motifs is 1. The third-order valence-electron chi connectivity index (χ3n) is 3.67. The first kappa shape index (κ1) is 16.9. The molecule has 0 saturated heterocycles. The maximum atomic E-state index is 12.2. The van der Waals surface area contributed by atoms with E-state index >= 15 is 0 Å². The van der Waals surface area contributed by atoms with Crippen molar-refractivity contribution in [3.63, 3.8) is 0 Å². The maximum Gasteiger partial charge on any atom is 0.276 e. The first-order valence-electron chi connectivity index (χ1n) is 7.04. The molecule has 1 aliphatic rings. The molecule has 0 fully saturated rings. The molecule has 1 amide bonds. The number of hydrazine groups is 1. The highest BCUT2D eigenvalue weighted by atomic mass is 35.5. The van der Waals surface area contributed by atoms with Crippen molar-refractivity contribution in [1.82, 2.24) is 10.3 Å². The van der Waals surface area contributed by atoms with Crippen LogP contribution in [-0.4, -0.2) is 14.3 Å². The minimum absolute atomic E-state index is 0.0575. The van der Waals surface area contributed by atoms with Crippen molar-refractivity contribution in [2.24, 2.45) is 5.92 Å². The van der Waals surface area contributed by atoms with E-state index in [4.69, 9.17) is 11.6 Å². The Hall–Kier alpha value is -0.930. The van der Waals surface area contributed by atoms with Crippen LogP contribution in [0.1, 0.15) is 33.5 Å². The van der Waals surface area contributed by atoms with E-state index in [1.807, 2.05) is 6.07 Å². The molecular formula is C14H15ClN2O3S3. The number of hydrogen-bond donors (Lipinski definition) is 2. The highest BCUT2D eigenvalue weighted by molar-refractivity contribution is 7.91. The predicted octanol–water partition coefficient (Wildman–Crippen LogP) is 3.21. The normalized spacial score (nSPS) is 17.7. The minimum atomic E-state index is -3.80. The van der Waals surface area contributed by atoms with E-state index in [0.29, 0.717) is 15.1 Å². The average molecular weight is 391 g/mol. The third-order valence-corrected chi connectivity index (χ3v) is 7.87. The second-order valence-corrected chi connectivity index (χ2v) is 10.3. The van der Waals surface area contributed by atoms with Gasteiger partial charge in [-0.3, -0.25) is 10.2 Å². The topological polar surface area (TPSA) is 75.3 Å². The van der Waals surface area contributed by atoms with E-state index in [1.165, 1.54) is 33.9 Å². The number of nitrogens with one attached hydrogen (secondary N) is 2. The second kappa shape index (κ2) is 6.52. The number of carbonyl (C=O) groups excluding carboxylic acids is 1. The summed E-state index contributed by atoms with van der Waals surface area (Å²) in [6, 6.07) is 4.76. The van der Waals surface area contributed by atoms with Crippen molar-refractivity contribution in [2.45, 2.75) is 30.4 Å². The Balaban J connectivity index is 1.68. The molecule has 2 heterocycles. The van der Waals surface area contributed by atoms with Crippen molar-refractivity contribution in [3.05, 3.63) is 37.9 Å². The summed E-state index contributed by atoms with van der Waals surface area (Å²) in [6.45, 7) is 2.20. The number of halogens is 1. The molecule has 2 aromatic rings. The van der Waals surface area contributed by atoms with Gasteiger partial charge >= 0.3 is 0 Å². The lowest BCUT2D eigenvalue weighted by atomic mass is 9.90. The fourth-order valence-corrected chi connectivity index (χ4v) is 5.91. The summed E-state index contributed by atoms with van der Waals surface area (Å²) < 4.78 is 24.5. The average Bonchev–Trinajstić information content (AvgIpc) is 3.11. The molecule has 0 radical (unpaired) electrons. The molecule has 0 saturated carbocycles. The molecule has 0 spiro atoms. The van der Waals surface area contributed by atoms with Crippen molar-refractivity contribution in [3.8, 4) is 0 Å². The van der Waals surface area contributed by atoms with Gasteiger partial charge in [-0.25, -0.2) is 8.42 Å². The monoisotopic (exact) mass is 390 g/mol. The molecule has 0 bridgehead atoms. The van der Waals surface area contributed by atoms with E-state index in [9.17, 15) is 13.2 Å². The van der Waals surface area contributed by atoms with Crippen molar-refractivity contribution >= 4 is 50.2 Å². The van der Waals surface area contributed by atoms with Gasteiger partial charge in [-0.2, -0.15) is 0 Å². The van der Waals surface area contributed by atoms with Gasteiger partial charge in [0.05, 0.1) is 9.21 Å². The molecule has 5 nitrogen and oxygen atoms in total. The van der Waals surface area contributed by atoms with E-state index < -0.39 is 15.9 Å². The van der Waals surface area contributed by atoms with Crippen molar-refractivity contribution in [2.75, 3.05) is 0 Å². The van der Waals surface area contributed by atoms with Gasteiger partial charge < -0.3 is 0 Å². The molecule has 9 heteroatoms. The van der Waals surface area contributed by atoms with Crippen molar-refractivity contribution in [1.29, 1.82) is 0 Å². The van der Waals surface area contributed by atoms with Gasteiger partial charge in [0.2, 0.25) is 0 Å². The number of amides is 1. The molecule has 2 N–H and O–H groups in total. The number of sulfonamides is 1. The zero-order chi connectivity index (χ0) is 16.6. The molecular weight excluding hydrogens is 376 g/mol. The van der Waals surface area contributed by atoms with Gasteiger partial charge in [0.25, 0.3) is 15.9 Å². The number of aryl methyl sites for hydroxylation is 1. The summed E-state index contributed by atoms with van der Waals surface area (Å²) in [7, 11) is -3.80. The Morgan fingerprint density at radius 2 is 2.13 bits per heavy atom. The van der Waals surface area contributed by atoms with Crippen LogP contribution >= 0.6 is 34.3 Å². The van der Waals surface area contributed by atoms with Gasteiger partial charge in [-0.1, -0.05) is 18.5 Å². The summed E-state index contributed by atoms with van der Waals surface area (Å²) in [4.78, 5) is 16.0. The smallest absolute Gasteiger partial charge is 0.273 e. The number of thiophene rings is 2. The molecule has 0 unspecified atom stereocenters. The molecule has 2 aromatic heterocycles. The van der Waals surface area contributed by atoms with E-state index in [-0.39, 0.29) is 4.21 Å². The number of rotatable bonds is 4. The molecule has 0 aromatic carbocycles. The number of hydrogen-bond acceptors (Lipinski definition) is 5. The molecule has 23 heavy (non-hydrogen) atoms. The molecule has 1 atom stereocenters. The van der Waals surface area contributed by atoms with Crippen LogP contribution in [0, 0.1) is 5.92 Å². The Morgan fingerprint density at radius 1 is 1.35 bits per heavy atom.